The van der Waals surface area contributed by atoms with Crippen molar-refractivity contribution in [3.8, 4) is 0 Å². The van der Waals surface area contributed by atoms with Crippen LogP contribution in [0.25, 0.3) is 0 Å². The Kier molecular flexibility index (Phi) is 3.18. The third kappa shape index (κ3) is 2.91. The van der Waals surface area contributed by atoms with Gasteiger partial charge in [0.25, 0.3) is 0 Å². The van der Waals surface area contributed by atoms with Gasteiger partial charge < -0.3 is 5.73 Å². The van der Waals surface area contributed by atoms with Crippen LogP contribution in [0, 0.1) is 5.82 Å². The van der Waals surface area contributed by atoms with Crippen molar-refractivity contribution in [2.75, 3.05) is 18.9 Å². The summed E-state index contributed by atoms with van der Waals surface area (Å²) in [4.78, 5) is 5.43. The number of halogens is 1. The fourth-order valence-electron chi connectivity index (χ4n) is 1.74. The molecule has 0 radical (unpaired) electrons. The number of rotatable bonds is 2. The zero-order chi connectivity index (χ0) is 10.7. The zero-order valence-electron chi connectivity index (χ0n) is 8.58. The van der Waals surface area contributed by atoms with Crippen LogP contribution in [0.4, 0.5) is 10.1 Å². The summed E-state index contributed by atoms with van der Waals surface area (Å²) in [6.45, 7) is 2.25. The lowest BCUT2D eigenvalue weighted by molar-refractivity contribution is -0.187. The van der Waals surface area contributed by atoms with E-state index in [0.29, 0.717) is 12.2 Å². The highest BCUT2D eigenvalue weighted by molar-refractivity contribution is 5.41. The normalized spacial score (nSPS) is 17.9. The number of nitrogens with two attached hydrogens (primary N) is 1. The summed E-state index contributed by atoms with van der Waals surface area (Å²) >= 11 is 0. The molecular formula is C11H15FN2O. The van der Waals surface area contributed by atoms with E-state index in [0.717, 1.165) is 31.6 Å². The standard InChI is InChI=1S/C11H15FN2O/c12-10-5-9(6-11(13)7-10)8-14-3-1-2-4-15-14/h5-7H,1-4,8,13H2. The Bertz CT molecular complexity index is 317. The maximum Gasteiger partial charge on any atom is 0.125 e. The van der Waals surface area contributed by atoms with E-state index in [9.17, 15) is 4.39 Å². The first-order valence-corrected chi connectivity index (χ1v) is 5.17. The summed E-state index contributed by atoms with van der Waals surface area (Å²) in [5.74, 6) is -0.290. The molecule has 1 aliphatic heterocycles. The zero-order valence-corrected chi connectivity index (χ0v) is 8.58. The van der Waals surface area contributed by atoms with Crippen molar-refractivity contribution < 1.29 is 9.23 Å². The highest BCUT2D eigenvalue weighted by atomic mass is 19.1. The molecule has 3 nitrogen and oxygen atoms in total. The summed E-state index contributed by atoms with van der Waals surface area (Å²) in [6, 6.07) is 4.59. The molecule has 0 unspecified atom stereocenters. The van der Waals surface area contributed by atoms with E-state index in [-0.39, 0.29) is 5.82 Å². The number of benzene rings is 1. The molecule has 0 spiro atoms. The minimum atomic E-state index is -0.290. The average molecular weight is 210 g/mol. The molecule has 1 aromatic rings. The second-order valence-corrected chi connectivity index (χ2v) is 3.80. The lowest BCUT2D eigenvalue weighted by Crippen LogP contribution is -2.29. The molecule has 0 aliphatic carbocycles. The SMILES string of the molecule is Nc1cc(F)cc(CN2CCCCO2)c1. The van der Waals surface area contributed by atoms with Crippen LogP contribution in [0.1, 0.15) is 18.4 Å². The molecule has 2 N–H and O–H groups in total. The molecule has 4 heteroatoms. The molecule has 2 rings (SSSR count). The smallest absolute Gasteiger partial charge is 0.125 e. The molecule has 0 aromatic heterocycles. The van der Waals surface area contributed by atoms with Crippen LogP contribution in [0.5, 0.6) is 0 Å². The van der Waals surface area contributed by atoms with E-state index < -0.39 is 0 Å². The fourth-order valence-corrected chi connectivity index (χ4v) is 1.74. The Labute approximate surface area is 88.6 Å². The van der Waals surface area contributed by atoms with Crippen molar-refractivity contribution in [2.45, 2.75) is 19.4 Å². The summed E-state index contributed by atoms with van der Waals surface area (Å²) in [7, 11) is 0. The maximum absolute atomic E-state index is 13.0. The van der Waals surface area contributed by atoms with E-state index in [1.165, 1.54) is 12.1 Å². The van der Waals surface area contributed by atoms with Crippen LogP contribution in [0.2, 0.25) is 0 Å². The van der Waals surface area contributed by atoms with E-state index in [2.05, 4.69) is 0 Å². The van der Waals surface area contributed by atoms with Gasteiger partial charge in [0.2, 0.25) is 0 Å². The van der Waals surface area contributed by atoms with Gasteiger partial charge in [-0.25, -0.2) is 4.39 Å². The number of hydrogen-bond acceptors (Lipinski definition) is 3. The molecule has 1 heterocycles. The highest BCUT2D eigenvalue weighted by Crippen LogP contribution is 2.15. The Morgan fingerprint density at radius 1 is 1.33 bits per heavy atom. The monoisotopic (exact) mass is 210 g/mol. The predicted molar refractivity (Wildman–Crippen MR) is 56.4 cm³/mol. The van der Waals surface area contributed by atoms with Crippen LogP contribution in [0.15, 0.2) is 18.2 Å². The van der Waals surface area contributed by atoms with E-state index in [1.807, 2.05) is 5.06 Å². The van der Waals surface area contributed by atoms with Gasteiger partial charge >= 0.3 is 0 Å². The molecule has 1 fully saturated rings. The Morgan fingerprint density at radius 2 is 2.20 bits per heavy atom. The molecule has 0 saturated carbocycles. The minimum absolute atomic E-state index is 0.290. The van der Waals surface area contributed by atoms with Gasteiger partial charge in [0, 0.05) is 18.8 Å². The van der Waals surface area contributed by atoms with Crippen LogP contribution >= 0.6 is 0 Å². The number of anilines is 1. The second kappa shape index (κ2) is 4.59. The van der Waals surface area contributed by atoms with Gasteiger partial charge in [-0.05, 0) is 36.6 Å². The molecule has 82 valence electrons. The third-order valence-corrected chi connectivity index (χ3v) is 2.41. The predicted octanol–water partition coefficient (Wildman–Crippen LogP) is 1.94. The summed E-state index contributed by atoms with van der Waals surface area (Å²) < 4.78 is 13.0. The number of nitrogens with zero attached hydrogens (tertiary/aromatic N) is 1. The Hall–Kier alpha value is -1.13. The van der Waals surface area contributed by atoms with Crippen molar-refractivity contribution in [1.82, 2.24) is 5.06 Å². The minimum Gasteiger partial charge on any atom is -0.399 e. The van der Waals surface area contributed by atoms with E-state index in [1.54, 1.807) is 6.07 Å². The highest BCUT2D eigenvalue weighted by Gasteiger charge is 2.11. The summed E-state index contributed by atoms with van der Waals surface area (Å²) in [5.41, 5.74) is 6.88. The molecule has 15 heavy (non-hydrogen) atoms. The molecule has 1 aliphatic rings. The van der Waals surface area contributed by atoms with Crippen LogP contribution in [-0.4, -0.2) is 18.2 Å². The Morgan fingerprint density at radius 3 is 2.87 bits per heavy atom. The van der Waals surface area contributed by atoms with E-state index >= 15 is 0 Å². The average Bonchev–Trinajstić information content (AvgIpc) is 2.17. The topological polar surface area (TPSA) is 38.5 Å². The first kappa shape index (κ1) is 10.4. The maximum atomic E-state index is 13.0. The van der Waals surface area contributed by atoms with Crippen molar-refractivity contribution in [1.29, 1.82) is 0 Å². The van der Waals surface area contributed by atoms with Gasteiger partial charge in [0.05, 0.1) is 6.61 Å². The largest absolute Gasteiger partial charge is 0.399 e. The van der Waals surface area contributed by atoms with E-state index in [4.69, 9.17) is 10.6 Å². The molecular weight excluding hydrogens is 195 g/mol. The van der Waals surface area contributed by atoms with Crippen molar-refractivity contribution >= 4 is 5.69 Å². The van der Waals surface area contributed by atoms with Gasteiger partial charge in [0.15, 0.2) is 0 Å². The molecule has 0 atom stereocenters. The number of hydroxylamine groups is 2. The molecule has 0 bridgehead atoms. The van der Waals surface area contributed by atoms with Crippen LogP contribution in [-0.2, 0) is 11.4 Å². The summed E-state index contributed by atoms with van der Waals surface area (Å²) in [5, 5.41) is 1.86. The van der Waals surface area contributed by atoms with Gasteiger partial charge in [-0.1, -0.05) is 0 Å². The van der Waals surface area contributed by atoms with Crippen molar-refractivity contribution in [3.05, 3.63) is 29.6 Å². The van der Waals surface area contributed by atoms with Gasteiger partial charge in [0.1, 0.15) is 5.82 Å². The lowest BCUT2D eigenvalue weighted by Gasteiger charge is -2.26. The Balaban J connectivity index is 2.02. The van der Waals surface area contributed by atoms with Gasteiger partial charge in [-0.15, -0.1) is 0 Å². The quantitative estimate of drug-likeness (QED) is 0.758. The molecule has 0 amide bonds. The molecule has 1 saturated heterocycles. The number of hydrogen-bond donors (Lipinski definition) is 1. The van der Waals surface area contributed by atoms with Gasteiger partial charge in [-0.3, -0.25) is 4.84 Å². The van der Waals surface area contributed by atoms with Crippen LogP contribution < -0.4 is 5.73 Å². The van der Waals surface area contributed by atoms with Crippen molar-refractivity contribution in [3.63, 3.8) is 0 Å². The third-order valence-electron chi connectivity index (χ3n) is 2.41. The summed E-state index contributed by atoms with van der Waals surface area (Å²) in [6.07, 6.45) is 2.23. The number of nitrogen functional groups attached to an aromatic ring is 1. The van der Waals surface area contributed by atoms with Gasteiger partial charge in [-0.2, -0.15) is 5.06 Å². The lowest BCUT2D eigenvalue weighted by atomic mass is 10.2. The fraction of sp³-hybridized carbons (Fsp3) is 0.455. The van der Waals surface area contributed by atoms with Crippen molar-refractivity contribution in [2.24, 2.45) is 0 Å². The first-order valence-electron chi connectivity index (χ1n) is 5.17. The van der Waals surface area contributed by atoms with Crippen LogP contribution in [0.3, 0.4) is 0 Å². The second-order valence-electron chi connectivity index (χ2n) is 3.80. The first-order chi connectivity index (χ1) is 7.24. The molecule has 1 aromatic carbocycles.